The van der Waals surface area contributed by atoms with E-state index < -0.39 is 0 Å². The summed E-state index contributed by atoms with van der Waals surface area (Å²) < 4.78 is 0. The van der Waals surface area contributed by atoms with Gasteiger partial charge >= 0.3 is 0 Å². The molecule has 1 fully saturated rings. The number of nitrogens with zero attached hydrogens (tertiary/aromatic N) is 2. The Labute approximate surface area is 190 Å². The number of carbonyl (C=O) groups excluding carboxylic acids is 2. The predicted octanol–water partition coefficient (Wildman–Crippen LogP) is 3.56. The summed E-state index contributed by atoms with van der Waals surface area (Å²) in [5, 5.41) is 6.57. The molecule has 3 aliphatic rings. The van der Waals surface area contributed by atoms with E-state index in [9.17, 15) is 9.59 Å². The zero-order valence-corrected chi connectivity index (χ0v) is 19.3. The molecule has 168 valence electrons. The number of ketones is 2. The Hall–Kier alpha value is -2.96. The van der Waals surface area contributed by atoms with Gasteiger partial charge in [0, 0.05) is 84.1 Å². The number of carbonyl (C=O) groups is 2. The lowest BCUT2D eigenvalue weighted by molar-refractivity contribution is -0.117. The second kappa shape index (κ2) is 11.1. The van der Waals surface area contributed by atoms with Gasteiger partial charge in [0.25, 0.3) is 0 Å². The molecule has 1 saturated carbocycles. The minimum atomic E-state index is -0.115. The monoisotopic (exact) mass is 432 g/mol. The molecule has 3 rings (SSSR count). The van der Waals surface area contributed by atoms with E-state index in [1.54, 1.807) is 24.6 Å². The number of rotatable bonds is 8. The molecule has 0 unspecified atom stereocenters. The molecule has 0 aliphatic heterocycles. The molecule has 0 spiro atoms. The van der Waals surface area contributed by atoms with Gasteiger partial charge in [-0.25, -0.2) is 0 Å². The van der Waals surface area contributed by atoms with Crippen LogP contribution >= 0.6 is 0 Å². The second-order valence-corrected chi connectivity index (χ2v) is 8.55. The molecular formula is C26H32N4O2. The Morgan fingerprint density at radius 1 is 0.750 bits per heavy atom. The first-order valence-electron chi connectivity index (χ1n) is 11.2. The molecule has 0 radical (unpaired) electrons. The fourth-order valence-corrected chi connectivity index (χ4v) is 3.53. The summed E-state index contributed by atoms with van der Waals surface area (Å²) >= 11 is 0. The zero-order chi connectivity index (χ0) is 23.1. The van der Waals surface area contributed by atoms with Crippen LogP contribution in [0.25, 0.3) is 0 Å². The maximum atomic E-state index is 13.1. The number of fused-ring (bicyclic) bond motifs is 2. The lowest BCUT2D eigenvalue weighted by Gasteiger charge is -2.26. The SMILES string of the molecule is CC(C)NCC=CN=C1C=C2C(=O)C3=CCC(=NC=CCNC(C)C)C=C3C(=O)C2=CC1. The van der Waals surface area contributed by atoms with Crippen molar-refractivity contribution in [3.8, 4) is 0 Å². The van der Waals surface area contributed by atoms with Crippen molar-refractivity contribution in [2.24, 2.45) is 9.98 Å². The Kier molecular flexibility index (Phi) is 8.20. The van der Waals surface area contributed by atoms with E-state index in [1.165, 1.54) is 0 Å². The third kappa shape index (κ3) is 6.05. The van der Waals surface area contributed by atoms with E-state index in [0.717, 1.165) is 24.5 Å². The largest absolute Gasteiger partial charge is 0.311 e. The maximum absolute atomic E-state index is 13.1. The fourth-order valence-electron chi connectivity index (χ4n) is 3.53. The number of nitrogens with one attached hydrogen (secondary N) is 2. The Bertz CT molecular complexity index is 932. The van der Waals surface area contributed by atoms with Crippen molar-refractivity contribution in [1.29, 1.82) is 0 Å². The molecule has 0 heterocycles. The molecule has 0 aromatic rings. The highest BCUT2D eigenvalue weighted by Crippen LogP contribution is 2.35. The summed E-state index contributed by atoms with van der Waals surface area (Å²) in [6.45, 7) is 9.81. The minimum Gasteiger partial charge on any atom is -0.311 e. The summed E-state index contributed by atoms with van der Waals surface area (Å²) in [5.74, 6) is -0.230. The predicted molar refractivity (Wildman–Crippen MR) is 131 cm³/mol. The van der Waals surface area contributed by atoms with Crippen molar-refractivity contribution in [3.05, 3.63) is 71.1 Å². The van der Waals surface area contributed by atoms with Crippen LogP contribution < -0.4 is 10.6 Å². The summed E-state index contributed by atoms with van der Waals surface area (Å²) in [6, 6.07) is 0.824. The molecular weight excluding hydrogens is 400 g/mol. The number of hydrogen-bond donors (Lipinski definition) is 2. The lowest BCUT2D eigenvalue weighted by atomic mass is 9.75. The number of aliphatic imine (C=N–C) groups is 2. The molecule has 0 bridgehead atoms. The molecule has 32 heavy (non-hydrogen) atoms. The van der Waals surface area contributed by atoms with Gasteiger partial charge < -0.3 is 10.6 Å². The van der Waals surface area contributed by atoms with Crippen molar-refractivity contribution in [2.45, 2.75) is 52.6 Å². The van der Waals surface area contributed by atoms with E-state index in [1.807, 2.05) is 24.3 Å². The highest BCUT2D eigenvalue weighted by Gasteiger charge is 2.37. The molecule has 0 aromatic carbocycles. The Balaban J connectivity index is 1.73. The Morgan fingerprint density at radius 3 is 1.53 bits per heavy atom. The van der Waals surface area contributed by atoms with Crippen LogP contribution in [0, 0.1) is 0 Å². The van der Waals surface area contributed by atoms with Crippen LogP contribution in [0.2, 0.25) is 0 Å². The van der Waals surface area contributed by atoms with Crippen molar-refractivity contribution >= 4 is 23.0 Å². The smallest absolute Gasteiger partial charge is 0.194 e. The van der Waals surface area contributed by atoms with Crippen molar-refractivity contribution < 1.29 is 9.59 Å². The van der Waals surface area contributed by atoms with Gasteiger partial charge in [-0.3, -0.25) is 19.6 Å². The number of allylic oxidation sites excluding steroid dienone is 8. The van der Waals surface area contributed by atoms with Gasteiger partial charge in [-0.1, -0.05) is 52.0 Å². The summed E-state index contributed by atoms with van der Waals surface area (Å²) in [6.07, 6.45) is 15.6. The third-order valence-electron chi connectivity index (χ3n) is 5.19. The lowest BCUT2D eigenvalue weighted by Crippen LogP contribution is -2.30. The van der Waals surface area contributed by atoms with E-state index in [0.29, 0.717) is 47.2 Å². The molecule has 0 aromatic heterocycles. The maximum Gasteiger partial charge on any atom is 0.194 e. The van der Waals surface area contributed by atoms with Crippen LogP contribution in [0.4, 0.5) is 0 Å². The van der Waals surface area contributed by atoms with Gasteiger partial charge in [-0.2, -0.15) is 0 Å². The van der Waals surface area contributed by atoms with Crippen molar-refractivity contribution in [3.63, 3.8) is 0 Å². The van der Waals surface area contributed by atoms with Crippen LogP contribution in [0.3, 0.4) is 0 Å². The molecule has 6 heteroatoms. The van der Waals surface area contributed by atoms with Gasteiger partial charge in [0.2, 0.25) is 0 Å². The second-order valence-electron chi connectivity index (χ2n) is 8.55. The van der Waals surface area contributed by atoms with E-state index in [-0.39, 0.29) is 11.6 Å². The molecule has 6 nitrogen and oxygen atoms in total. The molecule has 0 atom stereocenters. The summed E-state index contributed by atoms with van der Waals surface area (Å²) in [7, 11) is 0. The zero-order valence-electron chi connectivity index (χ0n) is 19.3. The van der Waals surface area contributed by atoms with E-state index in [4.69, 9.17) is 0 Å². The van der Waals surface area contributed by atoms with Crippen LogP contribution in [-0.4, -0.2) is 48.2 Å². The topological polar surface area (TPSA) is 82.9 Å². The average molecular weight is 433 g/mol. The quantitative estimate of drug-likeness (QED) is 0.614. The summed E-state index contributed by atoms with van der Waals surface area (Å²) in [4.78, 5) is 35.1. The van der Waals surface area contributed by atoms with Crippen LogP contribution in [-0.2, 0) is 9.59 Å². The first kappa shape index (κ1) is 23.7. The highest BCUT2D eigenvalue weighted by atomic mass is 16.1. The van der Waals surface area contributed by atoms with Gasteiger partial charge in [0.15, 0.2) is 11.6 Å². The average Bonchev–Trinajstić information content (AvgIpc) is 2.76. The van der Waals surface area contributed by atoms with Crippen molar-refractivity contribution in [1.82, 2.24) is 10.6 Å². The normalized spacial score (nSPS) is 21.4. The summed E-state index contributed by atoms with van der Waals surface area (Å²) in [5.41, 5.74) is 3.38. The first-order chi connectivity index (χ1) is 15.4. The third-order valence-corrected chi connectivity index (χ3v) is 5.19. The van der Waals surface area contributed by atoms with Gasteiger partial charge in [0.05, 0.1) is 0 Å². The Morgan fingerprint density at radius 2 is 1.16 bits per heavy atom. The van der Waals surface area contributed by atoms with Crippen LogP contribution in [0.15, 0.2) is 81.1 Å². The minimum absolute atomic E-state index is 0.115. The van der Waals surface area contributed by atoms with Crippen molar-refractivity contribution in [2.75, 3.05) is 13.1 Å². The van der Waals surface area contributed by atoms with E-state index in [2.05, 4.69) is 48.3 Å². The molecule has 0 amide bonds. The standard InChI is InChI=1S/C26H32N4O2/c1-17(2)27-11-5-13-29-19-7-9-21-23(15-19)25(31)22-10-8-20(16-24(22)26(21)32)30-14-6-12-28-18(3)4/h5-6,9-10,13-18,27-28H,7-8,11-12H2,1-4H3. The fraction of sp³-hybridized carbons (Fsp3) is 0.385. The highest BCUT2D eigenvalue weighted by molar-refractivity contribution is 6.37. The van der Waals surface area contributed by atoms with Gasteiger partial charge in [-0.05, 0) is 12.2 Å². The molecule has 3 aliphatic carbocycles. The first-order valence-corrected chi connectivity index (χ1v) is 11.2. The molecule has 0 saturated heterocycles. The van der Waals surface area contributed by atoms with Gasteiger partial charge in [-0.15, -0.1) is 0 Å². The number of Topliss-reactive ketones (excluding diaryl/α,β-unsaturated/α-hetero) is 2. The van der Waals surface area contributed by atoms with E-state index >= 15 is 0 Å². The van der Waals surface area contributed by atoms with Crippen LogP contribution in [0.1, 0.15) is 40.5 Å². The van der Waals surface area contributed by atoms with Gasteiger partial charge in [0.1, 0.15) is 0 Å². The number of hydrogen-bond acceptors (Lipinski definition) is 6. The molecule has 2 N–H and O–H groups in total. The van der Waals surface area contributed by atoms with Crippen LogP contribution in [0.5, 0.6) is 0 Å².